The van der Waals surface area contributed by atoms with Crippen molar-refractivity contribution in [1.82, 2.24) is 15.6 Å². The van der Waals surface area contributed by atoms with Gasteiger partial charge in [0, 0.05) is 5.69 Å². The van der Waals surface area contributed by atoms with Crippen molar-refractivity contribution >= 4 is 12.1 Å². The maximum absolute atomic E-state index is 12.9. The molecule has 0 atom stereocenters. The Hall–Kier alpha value is -2.50. The molecule has 0 radical (unpaired) electrons. The van der Waals surface area contributed by atoms with E-state index in [1.807, 2.05) is 0 Å². The number of aromatic amines is 1. The molecule has 1 aromatic carbocycles. The predicted octanol–water partition coefficient (Wildman–Crippen LogP) is 1.62. The number of carbonyl (C=O) groups excluding carboxylic acids is 1. The van der Waals surface area contributed by atoms with Crippen molar-refractivity contribution in [2.75, 3.05) is 0 Å². The molecule has 92 valence electrons. The molecular weight excluding hydrogens is 235 g/mol. The highest BCUT2D eigenvalue weighted by molar-refractivity contribution is 5.93. The van der Waals surface area contributed by atoms with E-state index >= 15 is 0 Å². The molecule has 1 heterocycles. The van der Waals surface area contributed by atoms with E-state index in [1.54, 1.807) is 25.1 Å². The highest BCUT2D eigenvalue weighted by Crippen LogP contribution is 2.00. The number of nitrogens with one attached hydrogen (secondary N) is 2. The second-order valence-corrected chi connectivity index (χ2v) is 3.69. The number of halogens is 1. The van der Waals surface area contributed by atoms with Gasteiger partial charge in [-0.05, 0) is 30.7 Å². The minimum absolute atomic E-state index is 0.254. The Bertz CT molecular complexity index is 591. The van der Waals surface area contributed by atoms with Gasteiger partial charge < -0.3 is 0 Å². The minimum Gasteiger partial charge on any atom is -0.282 e. The Morgan fingerprint density at radius 1 is 1.50 bits per heavy atom. The number of nitrogens with zero attached hydrogens (tertiary/aromatic N) is 2. The van der Waals surface area contributed by atoms with Gasteiger partial charge in [0.05, 0.1) is 6.21 Å². The second-order valence-electron chi connectivity index (χ2n) is 3.69. The van der Waals surface area contributed by atoms with Gasteiger partial charge in [0.15, 0.2) is 5.69 Å². The monoisotopic (exact) mass is 246 g/mol. The van der Waals surface area contributed by atoms with Crippen LogP contribution in [0.15, 0.2) is 35.4 Å². The maximum Gasteiger partial charge on any atom is 0.291 e. The Kier molecular flexibility index (Phi) is 3.47. The smallest absolute Gasteiger partial charge is 0.282 e. The lowest BCUT2D eigenvalue weighted by Crippen LogP contribution is -2.18. The van der Waals surface area contributed by atoms with Gasteiger partial charge in [0.1, 0.15) is 5.82 Å². The summed E-state index contributed by atoms with van der Waals surface area (Å²) in [5, 5.41) is 10.2. The number of hydrazone groups is 1. The molecule has 5 nitrogen and oxygen atoms in total. The molecule has 0 aliphatic carbocycles. The molecule has 2 rings (SSSR count). The Balaban J connectivity index is 1.97. The van der Waals surface area contributed by atoms with Crippen LogP contribution in [0.1, 0.15) is 21.7 Å². The first-order valence-corrected chi connectivity index (χ1v) is 5.26. The zero-order valence-corrected chi connectivity index (χ0v) is 9.64. The average Bonchev–Trinajstić information content (AvgIpc) is 2.76. The summed E-state index contributed by atoms with van der Waals surface area (Å²) in [7, 11) is 0. The van der Waals surface area contributed by atoms with E-state index in [9.17, 15) is 9.18 Å². The number of carbonyl (C=O) groups is 1. The number of hydrogen-bond donors (Lipinski definition) is 2. The summed E-state index contributed by atoms with van der Waals surface area (Å²) in [6.07, 6.45) is 1.36. The summed E-state index contributed by atoms with van der Waals surface area (Å²) in [6, 6.07) is 7.50. The van der Waals surface area contributed by atoms with Crippen molar-refractivity contribution in [2.45, 2.75) is 6.92 Å². The molecule has 18 heavy (non-hydrogen) atoms. The molecule has 1 aromatic heterocycles. The highest BCUT2D eigenvalue weighted by atomic mass is 19.1. The third-order valence-electron chi connectivity index (χ3n) is 2.17. The van der Waals surface area contributed by atoms with Crippen LogP contribution < -0.4 is 5.43 Å². The molecule has 0 saturated heterocycles. The molecule has 1 amide bonds. The van der Waals surface area contributed by atoms with Gasteiger partial charge in [-0.25, -0.2) is 9.82 Å². The fourth-order valence-corrected chi connectivity index (χ4v) is 1.34. The van der Waals surface area contributed by atoms with E-state index in [1.165, 1.54) is 18.3 Å². The van der Waals surface area contributed by atoms with Crippen LogP contribution in [0.25, 0.3) is 0 Å². The number of hydrogen-bond acceptors (Lipinski definition) is 3. The second kappa shape index (κ2) is 5.22. The molecule has 0 spiro atoms. The summed E-state index contributed by atoms with van der Waals surface area (Å²) in [4.78, 5) is 11.5. The first-order valence-electron chi connectivity index (χ1n) is 5.26. The molecule has 0 fully saturated rings. The van der Waals surface area contributed by atoms with Crippen LogP contribution in [0, 0.1) is 12.7 Å². The van der Waals surface area contributed by atoms with Gasteiger partial charge >= 0.3 is 0 Å². The molecule has 0 bridgehead atoms. The Morgan fingerprint density at radius 3 is 3.00 bits per heavy atom. The zero-order valence-electron chi connectivity index (χ0n) is 9.64. The van der Waals surface area contributed by atoms with Gasteiger partial charge in [-0.1, -0.05) is 12.1 Å². The van der Waals surface area contributed by atoms with Crippen LogP contribution >= 0.6 is 0 Å². The molecular formula is C12H11FN4O. The fraction of sp³-hybridized carbons (Fsp3) is 0.0833. The number of benzene rings is 1. The van der Waals surface area contributed by atoms with Crippen LogP contribution in [0.5, 0.6) is 0 Å². The third-order valence-corrected chi connectivity index (χ3v) is 2.17. The van der Waals surface area contributed by atoms with E-state index in [2.05, 4.69) is 20.7 Å². The van der Waals surface area contributed by atoms with Crippen molar-refractivity contribution in [3.8, 4) is 0 Å². The number of amides is 1. The van der Waals surface area contributed by atoms with Gasteiger partial charge in [-0.3, -0.25) is 9.89 Å². The van der Waals surface area contributed by atoms with E-state index in [0.29, 0.717) is 5.56 Å². The van der Waals surface area contributed by atoms with E-state index in [4.69, 9.17) is 0 Å². The third kappa shape index (κ3) is 3.00. The number of rotatable bonds is 3. The van der Waals surface area contributed by atoms with E-state index in [0.717, 1.165) is 5.69 Å². The van der Waals surface area contributed by atoms with E-state index < -0.39 is 5.91 Å². The van der Waals surface area contributed by atoms with E-state index in [-0.39, 0.29) is 11.5 Å². The minimum atomic E-state index is -0.424. The summed E-state index contributed by atoms with van der Waals surface area (Å²) in [5.41, 5.74) is 3.91. The summed E-state index contributed by atoms with van der Waals surface area (Å²) >= 11 is 0. The summed E-state index contributed by atoms with van der Waals surface area (Å²) in [6.45, 7) is 1.79. The molecule has 2 aromatic rings. The van der Waals surface area contributed by atoms with Crippen LogP contribution in [0.3, 0.4) is 0 Å². The van der Waals surface area contributed by atoms with Gasteiger partial charge in [0.2, 0.25) is 0 Å². The zero-order chi connectivity index (χ0) is 13.0. The van der Waals surface area contributed by atoms with Crippen LogP contribution in [-0.2, 0) is 0 Å². The highest BCUT2D eigenvalue weighted by Gasteiger charge is 2.07. The van der Waals surface area contributed by atoms with Crippen LogP contribution in [0.4, 0.5) is 4.39 Å². The van der Waals surface area contributed by atoms with Crippen molar-refractivity contribution in [3.05, 3.63) is 53.1 Å². The Labute approximate surface area is 103 Å². The standard InChI is InChI=1S/C12H11FN4O/c1-8-5-11(16-15-8)12(18)17-14-7-9-3-2-4-10(13)6-9/h2-7H,1H3,(H,15,16)(H,17,18). The summed E-state index contributed by atoms with van der Waals surface area (Å²) < 4.78 is 12.9. The van der Waals surface area contributed by atoms with Gasteiger partial charge in [-0.2, -0.15) is 10.2 Å². The lowest BCUT2D eigenvalue weighted by molar-refractivity contribution is 0.0950. The topological polar surface area (TPSA) is 70.1 Å². The molecule has 0 saturated carbocycles. The van der Waals surface area contributed by atoms with Crippen molar-refractivity contribution in [2.24, 2.45) is 5.10 Å². The molecule has 0 aliphatic rings. The molecule has 6 heteroatoms. The fourth-order valence-electron chi connectivity index (χ4n) is 1.34. The summed E-state index contributed by atoms with van der Waals surface area (Å²) in [5.74, 6) is -0.778. The number of H-pyrrole nitrogens is 1. The van der Waals surface area contributed by atoms with Crippen molar-refractivity contribution in [3.63, 3.8) is 0 Å². The van der Waals surface area contributed by atoms with Crippen LogP contribution in [-0.4, -0.2) is 22.3 Å². The number of aromatic nitrogens is 2. The maximum atomic E-state index is 12.9. The van der Waals surface area contributed by atoms with Gasteiger partial charge in [-0.15, -0.1) is 0 Å². The number of aryl methyl sites for hydroxylation is 1. The Morgan fingerprint density at radius 2 is 2.33 bits per heavy atom. The SMILES string of the molecule is Cc1cc(C(=O)NN=Cc2cccc(F)c2)n[nH]1. The van der Waals surface area contributed by atoms with Crippen LogP contribution in [0.2, 0.25) is 0 Å². The average molecular weight is 246 g/mol. The first-order chi connectivity index (χ1) is 8.65. The first kappa shape index (κ1) is 12.0. The molecule has 0 aliphatic heterocycles. The predicted molar refractivity (Wildman–Crippen MR) is 64.8 cm³/mol. The van der Waals surface area contributed by atoms with Crippen molar-refractivity contribution < 1.29 is 9.18 Å². The lowest BCUT2D eigenvalue weighted by Gasteiger charge is -1.95. The quantitative estimate of drug-likeness (QED) is 0.638. The largest absolute Gasteiger partial charge is 0.291 e. The van der Waals surface area contributed by atoms with Gasteiger partial charge in [0.25, 0.3) is 5.91 Å². The molecule has 2 N–H and O–H groups in total. The van der Waals surface area contributed by atoms with Crippen molar-refractivity contribution in [1.29, 1.82) is 0 Å². The lowest BCUT2D eigenvalue weighted by atomic mass is 10.2. The molecule has 0 unspecified atom stereocenters. The normalized spacial score (nSPS) is 10.8.